The molecule has 0 radical (unpaired) electrons. The van der Waals surface area contributed by atoms with Crippen molar-refractivity contribution in [3.63, 3.8) is 0 Å². The molecular weight excluding hydrogens is 400 g/mol. The van der Waals surface area contributed by atoms with Crippen LogP contribution in [0, 0.1) is 25.7 Å². The number of aryl methyl sites for hydroxylation is 2. The normalized spacial score (nSPS) is 18.6. The summed E-state index contributed by atoms with van der Waals surface area (Å²) in [5.74, 6) is 0.130. The van der Waals surface area contributed by atoms with Gasteiger partial charge in [0.05, 0.1) is 18.0 Å². The molecule has 0 spiro atoms. The van der Waals surface area contributed by atoms with Crippen molar-refractivity contribution in [3.8, 4) is 22.4 Å². The van der Waals surface area contributed by atoms with E-state index in [2.05, 4.69) is 73.1 Å². The monoisotopic (exact) mass is 432 g/mol. The van der Waals surface area contributed by atoms with Gasteiger partial charge in [-0.2, -0.15) is 5.10 Å². The Kier molecular flexibility index (Phi) is 7.05. The van der Waals surface area contributed by atoms with Crippen LogP contribution in [-0.4, -0.2) is 34.1 Å². The molecule has 1 aliphatic rings. The van der Waals surface area contributed by atoms with Gasteiger partial charge < -0.3 is 9.84 Å². The van der Waals surface area contributed by atoms with Crippen LogP contribution in [0.1, 0.15) is 36.9 Å². The maximum absolute atomic E-state index is 10.7. The average molecular weight is 433 g/mol. The van der Waals surface area contributed by atoms with Crippen LogP contribution in [0.15, 0.2) is 54.6 Å². The van der Waals surface area contributed by atoms with Gasteiger partial charge in [0.1, 0.15) is 6.61 Å². The second-order valence-electron chi connectivity index (χ2n) is 9.02. The standard InChI is InChI=1S/C27H32N2O3/c1-19-8-14-23(15-9-19)26-20(2)28-29(27(26)24-6-4-3-5-7-24)16-21-10-12-22(13-11-21)17-32-18-25(30)31/h3-9,14-15,21-22H,10-13,16-18H2,1-2H3,(H,30,31)/t21-,22+. The van der Waals surface area contributed by atoms with Crippen molar-refractivity contribution in [2.24, 2.45) is 11.8 Å². The molecule has 1 aromatic heterocycles. The second-order valence-corrected chi connectivity index (χ2v) is 9.02. The number of rotatable bonds is 8. The number of aromatic nitrogens is 2. The number of ether oxygens (including phenoxy) is 1. The number of benzene rings is 2. The van der Waals surface area contributed by atoms with E-state index in [4.69, 9.17) is 14.9 Å². The summed E-state index contributed by atoms with van der Waals surface area (Å²) < 4.78 is 7.54. The molecule has 4 rings (SSSR count). The topological polar surface area (TPSA) is 64.4 Å². The number of aliphatic carboxylic acids is 1. The van der Waals surface area contributed by atoms with Crippen LogP contribution in [-0.2, 0) is 16.1 Å². The van der Waals surface area contributed by atoms with E-state index in [0.717, 1.165) is 37.9 Å². The third-order valence-electron chi connectivity index (χ3n) is 6.49. The molecule has 0 bridgehead atoms. The van der Waals surface area contributed by atoms with Crippen molar-refractivity contribution >= 4 is 5.97 Å². The van der Waals surface area contributed by atoms with E-state index in [1.54, 1.807) is 0 Å². The van der Waals surface area contributed by atoms with E-state index in [1.165, 1.54) is 27.9 Å². The lowest BCUT2D eigenvalue weighted by molar-refractivity contribution is -0.142. The molecule has 1 fully saturated rings. The Hall–Kier alpha value is -2.92. The second kappa shape index (κ2) is 10.1. The molecule has 1 saturated carbocycles. The van der Waals surface area contributed by atoms with Crippen LogP contribution >= 0.6 is 0 Å². The molecule has 0 unspecified atom stereocenters. The molecule has 5 nitrogen and oxygen atoms in total. The number of carboxylic acids is 1. The molecule has 3 aromatic rings. The van der Waals surface area contributed by atoms with Crippen LogP contribution in [0.3, 0.4) is 0 Å². The van der Waals surface area contributed by atoms with E-state index in [9.17, 15) is 4.79 Å². The molecule has 168 valence electrons. The summed E-state index contributed by atoms with van der Waals surface area (Å²) in [6.07, 6.45) is 4.40. The highest BCUT2D eigenvalue weighted by Crippen LogP contribution is 2.37. The quantitative estimate of drug-likeness (QED) is 0.493. The molecule has 0 aliphatic heterocycles. The highest BCUT2D eigenvalue weighted by molar-refractivity contribution is 5.83. The molecule has 5 heteroatoms. The highest BCUT2D eigenvalue weighted by atomic mass is 16.5. The Morgan fingerprint density at radius 3 is 2.28 bits per heavy atom. The van der Waals surface area contributed by atoms with Crippen LogP contribution in [0.25, 0.3) is 22.4 Å². The van der Waals surface area contributed by atoms with Gasteiger partial charge in [-0.05, 0) is 56.9 Å². The lowest BCUT2D eigenvalue weighted by atomic mass is 9.82. The minimum atomic E-state index is -0.898. The number of hydrogen-bond acceptors (Lipinski definition) is 3. The number of nitrogens with zero attached hydrogens (tertiary/aromatic N) is 2. The van der Waals surface area contributed by atoms with Crippen LogP contribution in [0.5, 0.6) is 0 Å². The van der Waals surface area contributed by atoms with Crippen molar-refractivity contribution in [2.75, 3.05) is 13.2 Å². The third kappa shape index (κ3) is 5.28. The smallest absolute Gasteiger partial charge is 0.329 e. The van der Waals surface area contributed by atoms with Gasteiger partial charge in [-0.1, -0.05) is 60.2 Å². The molecule has 2 aromatic carbocycles. The number of hydrogen-bond donors (Lipinski definition) is 1. The van der Waals surface area contributed by atoms with Crippen LogP contribution in [0.2, 0.25) is 0 Å². The summed E-state index contributed by atoms with van der Waals surface area (Å²) in [5.41, 5.74) is 7.12. The van der Waals surface area contributed by atoms with Gasteiger partial charge in [0.25, 0.3) is 0 Å². The van der Waals surface area contributed by atoms with E-state index in [0.29, 0.717) is 18.4 Å². The van der Waals surface area contributed by atoms with Crippen molar-refractivity contribution in [1.29, 1.82) is 0 Å². The third-order valence-corrected chi connectivity index (χ3v) is 6.49. The first-order chi connectivity index (χ1) is 15.5. The zero-order valence-corrected chi connectivity index (χ0v) is 19.0. The predicted molar refractivity (Wildman–Crippen MR) is 126 cm³/mol. The molecule has 0 atom stereocenters. The van der Waals surface area contributed by atoms with Crippen molar-refractivity contribution in [1.82, 2.24) is 9.78 Å². The summed E-state index contributed by atoms with van der Waals surface area (Å²) in [6.45, 7) is 5.47. The molecule has 0 amide bonds. The van der Waals surface area contributed by atoms with E-state index in [1.807, 2.05) is 0 Å². The highest BCUT2D eigenvalue weighted by Gasteiger charge is 2.25. The molecule has 32 heavy (non-hydrogen) atoms. The Bertz CT molecular complexity index is 1030. The van der Waals surface area contributed by atoms with Gasteiger partial charge in [-0.25, -0.2) is 4.79 Å². The first kappa shape index (κ1) is 22.3. The molecule has 1 aliphatic carbocycles. The fraction of sp³-hybridized carbons (Fsp3) is 0.407. The fourth-order valence-electron chi connectivity index (χ4n) is 4.81. The van der Waals surface area contributed by atoms with Gasteiger partial charge >= 0.3 is 5.97 Å². The first-order valence-corrected chi connectivity index (χ1v) is 11.5. The van der Waals surface area contributed by atoms with Crippen molar-refractivity contribution in [3.05, 3.63) is 65.9 Å². The first-order valence-electron chi connectivity index (χ1n) is 11.5. The summed E-state index contributed by atoms with van der Waals surface area (Å²) in [5, 5.41) is 13.7. The molecule has 0 saturated heterocycles. The van der Waals surface area contributed by atoms with Gasteiger partial charge in [-0.3, -0.25) is 4.68 Å². The van der Waals surface area contributed by atoms with E-state index >= 15 is 0 Å². The van der Waals surface area contributed by atoms with Gasteiger partial charge in [-0.15, -0.1) is 0 Å². The lowest BCUT2D eigenvalue weighted by Gasteiger charge is -2.28. The Morgan fingerprint density at radius 1 is 0.969 bits per heavy atom. The minimum absolute atomic E-state index is 0.200. The van der Waals surface area contributed by atoms with E-state index in [-0.39, 0.29) is 6.61 Å². The van der Waals surface area contributed by atoms with Crippen molar-refractivity contribution in [2.45, 2.75) is 46.1 Å². The van der Waals surface area contributed by atoms with Crippen molar-refractivity contribution < 1.29 is 14.6 Å². The largest absolute Gasteiger partial charge is 0.480 e. The maximum atomic E-state index is 10.7. The SMILES string of the molecule is Cc1ccc(-c2c(C)nn(C[C@H]3CC[C@@H](COCC(=O)O)CC3)c2-c2ccccc2)cc1. The zero-order valence-electron chi connectivity index (χ0n) is 19.0. The maximum Gasteiger partial charge on any atom is 0.329 e. The average Bonchev–Trinajstić information content (AvgIpc) is 3.11. The summed E-state index contributed by atoms with van der Waals surface area (Å²) in [4.78, 5) is 10.7. The molecule has 1 N–H and O–H groups in total. The Morgan fingerprint density at radius 2 is 1.62 bits per heavy atom. The number of carbonyl (C=O) groups is 1. The number of carboxylic acid groups (broad SMARTS) is 1. The predicted octanol–water partition coefficient (Wildman–Crippen LogP) is 5.74. The summed E-state index contributed by atoms with van der Waals surface area (Å²) in [6, 6.07) is 19.3. The molecular formula is C27H32N2O3. The minimum Gasteiger partial charge on any atom is -0.480 e. The van der Waals surface area contributed by atoms with Gasteiger partial charge in [0.2, 0.25) is 0 Å². The van der Waals surface area contributed by atoms with Crippen LogP contribution in [0.4, 0.5) is 0 Å². The summed E-state index contributed by atoms with van der Waals surface area (Å²) in [7, 11) is 0. The lowest BCUT2D eigenvalue weighted by Crippen LogP contribution is -2.23. The Balaban J connectivity index is 1.54. The zero-order chi connectivity index (χ0) is 22.5. The summed E-state index contributed by atoms with van der Waals surface area (Å²) >= 11 is 0. The van der Waals surface area contributed by atoms with Crippen LogP contribution < -0.4 is 0 Å². The van der Waals surface area contributed by atoms with E-state index < -0.39 is 5.97 Å². The van der Waals surface area contributed by atoms with Gasteiger partial charge in [0, 0.05) is 17.7 Å². The fourth-order valence-corrected chi connectivity index (χ4v) is 4.81. The molecule has 1 heterocycles. The Labute approximate surface area is 190 Å². The van der Waals surface area contributed by atoms with Gasteiger partial charge in [0.15, 0.2) is 0 Å².